The molecule has 0 aliphatic carbocycles. The number of thiazole rings is 1. The number of rotatable bonds is 7. The molecule has 0 spiro atoms. The number of ether oxygens (including phenoxy) is 1. The molecule has 8 heteroatoms. The lowest BCUT2D eigenvalue weighted by atomic mass is 10.1. The van der Waals surface area contributed by atoms with Crippen LogP contribution >= 0.6 is 23.1 Å². The van der Waals surface area contributed by atoms with Crippen LogP contribution in [0.5, 0.6) is 5.75 Å². The molecule has 6 nitrogen and oxygen atoms in total. The summed E-state index contributed by atoms with van der Waals surface area (Å²) in [6.45, 7) is 3.78. The zero-order valence-electron chi connectivity index (χ0n) is 14.1. The fraction of sp³-hybridized carbons (Fsp3) is 0.294. The van der Waals surface area contributed by atoms with Crippen LogP contribution in [-0.2, 0) is 6.42 Å². The largest absolute Gasteiger partial charge is 0.497 e. The molecule has 0 N–H and O–H groups in total. The summed E-state index contributed by atoms with van der Waals surface area (Å²) in [4.78, 5) is 16.9. The molecule has 1 unspecified atom stereocenters. The molecule has 0 saturated carbocycles. The SMILES string of the molecule is COc1ccc(C(=O)C(C)Sc2nnc(Cc3csc(C)n3)o2)cc1. The zero-order valence-corrected chi connectivity index (χ0v) is 15.7. The number of benzene rings is 1. The van der Waals surface area contributed by atoms with E-state index in [9.17, 15) is 4.79 Å². The van der Waals surface area contributed by atoms with Gasteiger partial charge >= 0.3 is 0 Å². The fourth-order valence-electron chi connectivity index (χ4n) is 2.20. The van der Waals surface area contributed by atoms with Crippen molar-refractivity contribution in [2.75, 3.05) is 7.11 Å². The zero-order chi connectivity index (χ0) is 17.8. The Kier molecular flexibility index (Phi) is 5.50. The maximum atomic E-state index is 12.5. The third-order valence-electron chi connectivity index (χ3n) is 3.47. The second-order valence-electron chi connectivity index (χ2n) is 5.35. The lowest BCUT2D eigenvalue weighted by Crippen LogP contribution is -2.13. The Morgan fingerprint density at radius 3 is 2.72 bits per heavy atom. The second-order valence-corrected chi connectivity index (χ2v) is 7.70. The van der Waals surface area contributed by atoms with Gasteiger partial charge in [-0.1, -0.05) is 11.8 Å². The van der Waals surface area contributed by atoms with Crippen LogP contribution in [0.3, 0.4) is 0 Å². The Morgan fingerprint density at radius 2 is 2.08 bits per heavy atom. The van der Waals surface area contributed by atoms with Crippen LogP contribution < -0.4 is 4.74 Å². The van der Waals surface area contributed by atoms with Gasteiger partial charge in [-0.15, -0.1) is 21.5 Å². The van der Waals surface area contributed by atoms with Crippen molar-refractivity contribution < 1.29 is 13.9 Å². The Morgan fingerprint density at radius 1 is 1.32 bits per heavy atom. The summed E-state index contributed by atoms with van der Waals surface area (Å²) in [5.41, 5.74) is 1.53. The molecule has 130 valence electrons. The smallest absolute Gasteiger partial charge is 0.277 e. The highest BCUT2D eigenvalue weighted by Crippen LogP contribution is 2.26. The first-order valence-electron chi connectivity index (χ1n) is 7.63. The van der Waals surface area contributed by atoms with Crippen molar-refractivity contribution >= 4 is 28.9 Å². The van der Waals surface area contributed by atoms with Crippen LogP contribution in [0, 0.1) is 6.92 Å². The van der Waals surface area contributed by atoms with E-state index < -0.39 is 0 Å². The molecule has 0 saturated heterocycles. The number of carbonyl (C=O) groups excluding carboxylic acids is 1. The van der Waals surface area contributed by atoms with E-state index in [1.54, 1.807) is 42.7 Å². The molecule has 0 aliphatic rings. The van der Waals surface area contributed by atoms with E-state index in [4.69, 9.17) is 9.15 Å². The van der Waals surface area contributed by atoms with Crippen LogP contribution in [0.2, 0.25) is 0 Å². The first-order chi connectivity index (χ1) is 12.0. The summed E-state index contributed by atoms with van der Waals surface area (Å²) in [7, 11) is 1.59. The minimum Gasteiger partial charge on any atom is -0.497 e. The lowest BCUT2D eigenvalue weighted by molar-refractivity contribution is 0.0993. The fourth-order valence-corrected chi connectivity index (χ4v) is 3.59. The lowest BCUT2D eigenvalue weighted by Gasteiger charge is -2.08. The first kappa shape index (κ1) is 17.6. The van der Waals surface area contributed by atoms with Crippen LogP contribution in [-0.4, -0.2) is 33.3 Å². The van der Waals surface area contributed by atoms with Crippen LogP contribution in [0.25, 0.3) is 0 Å². The molecule has 1 aromatic carbocycles. The number of aryl methyl sites for hydroxylation is 1. The number of Topliss-reactive ketones (excluding diaryl/α,β-unsaturated/α-hetero) is 1. The van der Waals surface area contributed by atoms with Gasteiger partial charge in [0.2, 0.25) is 5.89 Å². The van der Waals surface area contributed by atoms with Crippen molar-refractivity contribution in [1.29, 1.82) is 0 Å². The Bertz CT molecular complexity index is 858. The molecule has 25 heavy (non-hydrogen) atoms. The summed E-state index contributed by atoms with van der Waals surface area (Å²) in [5.74, 6) is 1.22. The predicted octanol–water partition coefficient (Wildman–Crippen LogP) is 3.80. The van der Waals surface area contributed by atoms with E-state index in [0.717, 1.165) is 16.5 Å². The van der Waals surface area contributed by atoms with Gasteiger partial charge in [-0.05, 0) is 38.1 Å². The number of methoxy groups -OCH3 is 1. The molecule has 0 amide bonds. The highest BCUT2D eigenvalue weighted by atomic mass is 32.2. The number of aromatic nitrogens is 3. The molecule has 1 atom stereocenters. The standard InChI is InChI=1S/C17H17N3O3S2/c1-10(16(21)12-4-6-14(22-3)7-5-12)25-17-20-19-15(23-17)8-13-9-24-11(2)18-13/h4-7,9-10H,8H2,1-3H3. The molecular weight excluding hydrogens is 358 g/mol. The number of carbonyl (C=O) groups is 1. The highest BCUT2D eigenvalue weighted by molar-refractivity contribution is 8.00. The van der Waals surface area contributed by atoms with Crippen molar-refractivity contribution in [2.45, 2.75) is 30.7 Å². The maximum Gasteiger partial charge on any atom is 0.277 e. The Labute approximate surface area is 153 Å². The average Bonchev–Trinajstić information content (AvgIpc) is 3.23. The Hall–Kier alpha value is -2.19. The van der Waals surface area contributed by atoms with Crippen molar-refractivity contribution in [3.8, 4) is 5.75 Å². The van der Waals surface area contributed by atoms with Crippen LogP contribution in [0.15, 0.2) is 39.3 Å². The van der Waals surface area contributed by atoms with Crippen molar-refractivity contribution in [3.05, 3.63) is 51.8 Å². The van der Waals surface area contributed by atoms with Crippen LogP contribution in [0.1, 0.15) is 33.9 Å². The van der Waals surface area contributed by atoms with Gasteiger partial charge in [0, 0.05) is 10.9 Å². The third-order valence-corrected chi connectivity index (χ3v) is 5.23. The monoisotopic (exact) mass is 375 g/mol. The normalized spacial score (nSPS) is 12.1. The molecular formula is C17H17N3O3S2. The van der Waals surface area contributed by atoms with Gasteiger partial charge in [0.25, 0.3) is 5.22 Å². The Balaban J connectivity index is 1.62. The van der Waals surface area contributed by atoms with Crippen molar-refractivity contribution in [3.63, 3.8) is 0 Å². The molecule has 0 aliphatic heterocycles. The molecule has 3 aromatic rings. The first-order valence-corrected chi connectivity index (χ1v) is 9.39. The van der Waals surface area contributed by atoms with Gasteiger partial charge in [-0.25, -0.2) is 4.98 Å². The quantitative estimate of drug-likeness (QED) is 0.459. The van der Waals surface area contributed by atoms with E-state index in [2.05, 4.69) is 15.2 Å². The summed E-state index contributed by atoms with van der Waals surface area (Å²) >= 11 is 2.84. The van der Waals surface area contributed by atoms with E-state index in [1.807, 2.05) is 19.2 Å². The molecule has 0 bridgehead atoms. The van der Waals surface area contributed by atoms with Gasteiger partial charge in [0.1, 0.15) is 5.75 Å². The number of nitrogens with zero attached hydrogens (tertiary/aromatic N) is 3. The van der Waals surface area contributed by atoms with E-state index in [-0.39, 0.29) is 11.0 Å². The van der Waals surface area contributed by atoms with E-state index in [1.165, 1.54) is 11.8 Å². The summed E-state index contributed by atoms with van der Waals surface area (Å²) < 4.78 is 10.7. The predicted molar refractivity (Wildman–Crippen MR) is 96.6 cm³/mol. The molecule has 0 fully saturated rings. The maximum absolute atomic E-state index is 12.5. The second kappa shape index (κ2) is 7.79. The van der Waals surface area contributed by atoms with Crippen molar-refractivity contribution in [2.24, 2.45) is 0 Å². The van der Waals surface area contributed by atoms with Gasteiger partial charge in [0.15, 0.2) is 5.78 Å². The van der Waals surface area contributed by atoms with Gasteiger partial charge in [-0.2, -0.15) is 0 Å². The average molecular weight is 375 g/mol. The summed E-state index contributed by atoms with van der Waals surface area (Å²) in [6.07, 6.45) is 0.499. The van der Waals surface area contributed by atoms with Crippen LogP contribution in [0.4, 0.5) is 0 Å². The molecule has 0 radical (unpaired) electrons. The van der Waals surface area contributed by atoms with Crippen molar-refractivity contribution in [1.82, 2.24) is 15.2 Å². The summed E-state index contributed by atoms with van der Waals surface area (Å²) in [6, 6.07) is 7.04. The molecule has 2 heterocycles. The number of hydrogen-bond acceptors (Lipinski definition) is 8. The topological polar surface area (TPSA) is 78.1 Å². The van der Waals surface area contributed by atoms with E-state index in [0.29, 0.717) is 23.1 Å². The minimum absolute atomic E-state index is 0.00234. The number of ketones is 1. The highest BCUT2D eigenvalue weighted by Gasteiger charge is 2.20. The van der Waals surface area contributed by atoms with Gasteiger partial charge in [0.05, 0.1) is 29.5 Å². The van der Waals surface area contributed by atoms with E-state index >= 15 is 0 Å². The minimum atomic E-state index is -0.330. The molecule has 2 aromatic heterocycles. The number of thioether (sulfide) groups is 1. The van der Waals surface area contributed by atoms with Gasteiger partial charge in [-0.3, -0.25) is 4.79 Å². The van der Waals surface area contributed by atoms with Gasteiger partial charge < -0.3 is 9.15 Å². The number of hydrogen-bond donors (Lipinski definition) is 0. The third kappa shape index (κ3) is 4.46. The molecule has 3 rings (SSSR count). The summed E-state index contributed by atoms with van der Waals surface area (Å²) in [5, 5.41) is 11.1.